The van der Waals surface area contributed by atoms with E-state index in [1.807, 2.05) is 31.7 Å². The van der Waals surface area contributed by atoms with Gasteiger partial charge in [0.1, 0.15) is 11.6 Å². The van der Waals surface area contributed by atoms with Crippen LogP contribution in [0.15, 0.2) is 28.9 Å². The van der Waals surface area contributed by atoms with E-state index in [0.717, 1.165) is 41.2 Å². The Labute approximate surface area is 156 Å². The zero-order valence-electron chi connectivity index (χ0n) is 15.5. The summed E-state index contributed by atoms with van der Waals surface area (Å²) < 4.78 is 5.28. The molecule has 0 aromatic carbocycles. The number of aryl methyl sites for hydroxylation is 3. The second-order valence-corrected chi connectivity index (χ2v) is 6.69. The fraction of sp³-hybridized carbons (Fsp3) is 0.368. The van der Waals surface area contributed by atoms with Gasteiger partial charge < -0.3 is 9.42 Å². The molecule has 0 bridgehead atoms. The van der Waals surface area contributed by atoms with Crippen molar-refractivity contribution in [3.63, 3.8) is 0 Å². The lowest BCUT2D eigenvalue weighted by molar-refractivity contribution is 0.0725. The monoisotopic (exact) mass is 364 g/mol. The molecule has 1 aliphatic heterocycles. The fourth-order valence-electron chi connectivity index (χ4n) is 3.62. The molecule has 1 aliphatic rings. The molecular formula is C19H20N6O2. The summed E-state index contributed by atoms with van der Waals surface area (Å²) in [6, 6.07) is 5.23. The maximum atomic E-state index is 12.9. The normalized spacial score (nSPS) is 16.7. The molecule has 3 aromatic heterocycles. The molecule has 1 atom stereocenters. The minimum Gasteiger partial charge on any atom is -0.361 e. The lowest BCUT2D eigenvalue weighted by Gasteiger charge is -2.24. The van der Waals surface area contributed by atoms with Crippen LogP contribution in [0.4, 0.5) is 0 Å². The summed E-state index contributed by atoms with van der Waals surface area (Å²) in [5.41, 5.74) is 3.61. The van der Waals surface area contributed by atoms with Crippen LogP contribution in [0.1, 0.15) is 52.3 Å². The molecule has 3 aromatic rings. The van der Waals surface area contributed by atoms with Crippen LogP contribution in [0.3, 0.4) is 0 Å². The Bertz CT molecular complexity index is 966. The highest BCUT2D eigenvalue weighted by atomic mass is 16.5. The number of aromatic nitrogens is 5. The number of carbonyl (C=O) groups is 1. The van der Waals surface area contributed by atoms with Crippen molar-refractivity contribution in [2.45, 2.75) is 39.7 Å². The molecule has 4 heterocycles. The van der Waals surface area contributed by atoms with Gasteiger partial charge in [0, 0.05) is 12.7 Å². The van der Waals surface area contributed by atoms with Gasteiger partial charge in [0.2, 0.25) is 0 Å². The van der Waals surface area contributed by atoms with Crippen molar-refractivity contribution in [3.05, 3.63) is 53.1 Å². The van der Waals surface area contributed by atoms with E-state index in [-0.39, 0.29) is 11.9 Å². The van der Waals surface area contributed by atoms with Crippen LogP contribution in [-0.4, -0.2) is 42.7 Å². The number of hydrogen-bond acceptors (Lipinski definition) is 7. The van der Waals surface area contributed by atoms with Crippen LogP contribution < -0.4 is 0 Å². The van der Waals surface area contributed by atoms with Gasteiger partial charge in [-0.25, -0.2) is 9.97 Å². The number of likely N-dealkylation sites (tertiary alicyclic amines) is 1. The van der Waals surface area contributed by atoms with Gasteiger partial charge in [-0.3, -0.25) is 4.79 Å². The highest BCUT2D eigenvalue weighted by molar-refractivity contribution is 5.92. The molecule has 0 radical (unpaired) electrons. The summed E-state index contributed by atoms with van der Waals surface area (Å²) in [7, 11) is 0. The van der Waals surface area contributed by atoms with Gasteiger partial charge in [0.05, 0.1) is 28.7 Å². The van der Waals surface area contributed by atoms with Gasteiger partial charge in [0.15, 0.2) is 5.69 Å². The van der Waals surface area contributed by atoms with E-state index >= 15 is 0 Å². The number of nitrogens with zero attached hydrogens (tertiary/aromatic N) is 6. The summed E-state index contributed by atoms with van der Waals surface area (Å²) in [5, 5.41) is 11.8. The first-order valence-electron chi connectivity index (χ1n) is 8.92. The number of amides is 1. The minimum absolute atomic E-state index is 0.111. The van der Waals surface area contributed by atoms with Crippen LogP contribution in [0.5, 0.6) is 0 Å². The van der Waals surface area contributed by atoms with Gasteiger partial charge in [-0.15, -0.1) is 5.10 Å². The maximum absolute atomic E-state index is 12.9. The summed E-state index contributed by atoms with van der Waals surface area (Å²) >= 11 is 0. The third-order valence-electron chi connectivity index (χ3n) is 4.79. The average Bonchev–Trinajstić information content (AvgIpc) is 3.28. The molecule has 1 saturated heterocycles. The van der Waals surface area contributed by atoms with Crippen molar-refractivity contribution in [1.82, 2.24) is 30.2 Å². The van der Waals surface area contributed by atoms with Crippen LogP contribution in [0, 0.1) is 20.8 Å². The molecule has 0 saturated carbocycles. The molecule has 0 aliphatic carbocycles. The molecule has 0 unspecified atom stereocenters. The maximum Gasteiger partial charge on any atom is 0.274 e. The zero-order chi connectivity index (χ0) is 19.0. The molecule has 138 valence electrons. The molecule has 0 N–H and O–H groups in total. The number of hydrogen-bond donors (Lipinski definition) is 0. The molecule has 8 heteroatoms. The molecule has 1 fully saturated rings. The van der Waals surface area contributed by atoms with Crippen molar-refractivity contribution in [2.75, 3.05) is 6.54 Å². The zero-order valence-corrected chi connectivity index (χ0v) is 15.5. The number of rotatable bonds is 3. The Morgan fingerprint density at radius 2 is 2.11 bits per heavy atom. The predicted molar refractivity (Wildman–Crippen MR) is 96.8 cm³/mol. The Kier molecular flexibility index (Phi) is 4.39. The van der Waals surface area contributed by atoms with Crippen molar-refractivity contribution >= 4 is 5.91 Å². The van der Waals surface area contributed by atoms with Crippen LogP contribution >= 0.6 is 0 Å². The standard InChI is InChI=1S/C19H20N6O2/c1-11-18(12(2)27-24-11)16-10-15(21-13(3)22-16)17-7-5-9-25(17)19(26)14-6-4-8-20-23-14/h4,6,8,10,17H,5,7,9H2,1-3H3/t17-/m0/s1. The lowest BCUT2D eigenvalue weighted by Crippen LogP contribution is -2.32. The van der Waals surface area contributed by atoms with E-state index in [1.165, 1.54) is 0 Å². The van der Waals surface area contributed by atoms with Crippen LogP contribution in [0.25, 0.3) is 11.3 Å². The van der Waals surface area contributed by atoms with Crippen LogP contribution in [0.2, 0.25) is 0 Å². The van der Waals surface area contributed by atoms with Crippen molar-refractivity contribution < 1.29 is 9.32 Å². The fourth-order valence-corrected chi connectivity index (χ4v) is 3.62. The first-order chi connectivity index (χ1) is 13.0. The first-order valence-corrected chi connectivity index (χ1v) is 8.92. The van der Waals surface area contributed by atoms with Gasteiger partial charge in [-0.05, 0) is 51.8 Å². The van der Waals surface area contributed by atoms with Crippen molar-refractivity contribution in [1.29, 1.82) is 0 Å². The Morgan fingerprint density at radius 3 is 2.81 bits per heavy atom. The topological polar surface area (TPSA) is 97.9 Å². The minimum atomic E-state index is -0.124. The quantitative estimate of drug-likeness (QED) is 0.705. The molecule has 4 rings (SSSR count). The second kappa shape index (κ2) is 6.86. The molecular weight excluding hydrogens is 344 g/mol. The van der Waals surface area contributed by atoms with Gasteiger partial charge in [0.25, 0.3) is 5.91 Å². The van der Waals surface area contributed by atoms with Crippen molar-refractivity contribution in [3.8, 4) is 11.3 Å². The van der Waals surface area contributed by atoms with Gasteiger partial charge in [-0.1, -0.05) is 5.16 Å². The van der Waals surface area contributed by atoms with Gasteiger partial charge in [-0.2, -0.15) is 5.10 Å². The molecule has 0 spiro atoms. The first kappa shape index (κ1) is 17.3. The Hall–Kier alpha value is -3.16. The third kappa shape index (κ3) is 3.18. The lowest BCUT2D eigenvalue weighted by atomic mass is 10.1. The predicted octanol–water partition coefficient (Wildman–Crippen LogP) is 2.82. The average molecular weight is 364 g/mol. The summed E-state index contributed by atoms with van der Waals surface area (Å²) in [6.45, 7) is 6.28. The van der Waals surface area contributed by atoms with E-state index in [1.54, 1.807) is 18.3 Å². The third-order valence-corrected chi connectivity index (χ3v) is 4.79. The van der Waals surface area contributed by atoms with E-state index in [2.05, 4.69) is 25.3 Å². The Balaban J connectivity index is 1.71. The van der Waals surface area contributed by atoms with E-state index in [0.29, 0.717) is 18.1 Å². The van der Waals surface area contributed by atoms with E-state index < -0.39 is 0 Å². The highest BCUT2D eigenvalue weighted by Gasteiger charge is 2.33. The van der Waals surface area contributed by atoms with E-state index in [9.17, 15) is 4.79 Å². The highest BCUT2D eigenvalue weighted by Crippen LogP contribution is 2.34. The Morgan fingerprint density at radius 1 is 1.26 bits per heavy atom. The summed E-state index contributed by atoms with van der Waals surface area (Å²) in [4.78, 5) is 23.9. The summed E-state index contributed by atoms with van der Waals surface area (Å²) in [6.07, 6.45) is 3.33. The van der Waals surface area contributed by atoms with Crippen LogP contribution in [-0.2, 0) is 0 Å². The van der Waals surface area contributed by atoms with Gasteiger partial charge >= 0.3 is 0 Å². The largest absolute Gasteiger partial charge is 0.361 e. The van der Waals surface area contributed by atoms with E-state index in [4.69, 9.17) is 4.52 Å². The molecule has 1 amide bonds. The SMILES string of the molecule is Cc1nc(-c2c(C)noc2C)cc([C@@H]2CCCN2C(=O)c2cccnn2)n1. The van der Waals surface area contributed by atoms with Crippen molar-refractivity contribution in [2.24, 2.45) is 0 Å². The summed E-state index contributed by atoms with van der Waals surface area (Å²) in [5.74, 6) is 1.25. The number of carbonyl (C=O) groups excluding carboxylic acids is 1. The smallest absolute Gasteiger partial charge is 0.274 e. The molecule has 8 nitrogen and oxygen atoms in total. The molecule has 27 heavy (non-hydrogen) atoms. The second-order valence-electron chi connectivity index (χ2n) is 6.69.